The number of anilines is 2. The Balaban J connectivity index is 1.22. The number of aromatic amines is 1. The van der Waals surface area contributed by atoms with Crippen molar-refractivity contribution >= 4 is 34.6 Å². The molecular formula is C32H34F3N7O2. The summed E-state index contributed by atoms with van der Waals surface area (Å²) < 4.78 is 41.4. The number of carbonyl (C=O) groups is 2. The van der Waals surface area contributed by atoms with E-state index in [1.165, 1.54) is 0 Å². The fourth-order valence-electron chi connectivity index (χ4n) is 5.45. The van der Waals surface area contributed by atoms with Crippen molar-refractivity contribution in [2.45, 2.75) is 39.4 Å². The van der Waals surface area contributed by atoms with Gasteiger partial charge in [-0.2, -0.15) is 18.2 Å². The standard InChI is InChI=1S/C32H34F3N7O2/c1-3-41-10-12-42(13-11-41)18-20-14-23(32(33,34)35)17-24(15-20)36-30(44)22-5-4-19(2)25(16-22)26-8-9-27-28(37-26)39-31(38-27)40-29(43)21-6-7-21/h4-5,8-9,14-17,21H,3,6-7,10-13,18H2,1-2H3,(H,36,44)(H2,37,38,39,40,43). The van der Waals surface area contributed by atoms with Gasteiger partial charge in [-0.3, -0.25) is 19.8 Å². The number of aromatic nitrogens is 3. The maximum atomic E-state index is 13.8. The van der Waals surface area contributed by atoms with Crippen LogP contribution in [0, 0.1) is 12.8 Å². The van der Waals surface area contributed by atoms with Gasteiger partial charge < -0.3 is 15.2 Å². The van der Waals surface area contributed by atoms with Crippen LogP contribution >= 0.6 is 0 Å². The van der Waals surface area contributed by atoms with Crippen LogP contribution in [0.1, 0.15) is 46.8 Å². The highest BCUT2D eigenvalue weighted by Gasteiger charge is 2.32. The molecule has 0 bridgehead atoms. The molecule has 6 rings (SSSR count). The fraction of sp³-hybridized carbons (Fsp3) is 0.375. The van der Waals surface area contributed by atoms with E-state index < -0.39 is 17.6 Å². The molecule has 2 aromatic carbocycles. The molecule has 3 heterocycles. The van der Waals surface area contributed by atoms with E-state index in [1.807, 2.05) is 6.92 Å². The Bertz CT molecular complexity index is 1710. The average molecular weight is 606 g/mol. The van der Waals surface area contributed by atoms with Gasteiger partial charge in [0, 0.05) is 55.5 Å². The number of fused-ring (bicyclic) bond motifs is 1. The molecule has 44 heavy (non-hydrogen) atoms. The number of carbonyl (C=O) groups excluding carboxylic acids is 2. The Hall–Kier alpha value is -4.29. The molecule has 1 saturated heterocycles. The number of imidazole rings is 1. The topological polar surface area (TPSA) is 106 Å². The van der Waals surface area contributed by atoms with Crippen LogP contribution in [0.15, 0.2) is 48.5 Å². The first kappa shape index (κ1) is 29.8. The number of pyridine rings is 1. The smallest absolute Gasteiger partial charge is 0.322 e. The monoisotopic (exact) mass is 605 g/mol. The summed E-state index contributed by atoms with van der Waals surface area (Å²) in [6, 6.07) is 12.4. The van der Waals surface area contributed by atoms with E-state index in [0.717, 1.165) is 63.3 Å². The third-order valence-corrected chi connectivity index (χ3v) is 8.21. The highest BCUT2D eigenvalue weighted by Crippen LogP contribution is 2.33. The molecule has 0 atom stereocenters. The minimum atomic E-state index is -4.55. The minimum Gasteiger partial charge on any atom is -0.322 e. The van der Waals surface area contributed by atoms with Gasteiger partial charge in [-0.25, -0.2) is 4.98 Å². The van der Waals surface area contributed by atoms with E-state index in [2.05, 4.69) is 42.3 Å². The number of H-pyrrole nitrogens is 1. The van der Waals surface area contributed by atoms with Gasteiger partial charge in [0.25, 0.3) is 5.91 Å². The van der Waals surface area contributed by atoms with Crippen LogP contribution in [0.5, 0.6) is 0 Å². The molecule has 2 aromatic heterocycles. The summed E-state index contributed by atoms with van der Waals surface area (Å²) in [6.07, 6.45) is -2.79. The first-order chi connectivity index (χ1) is 21.1. The molecule has 230 valence electrons. The third-order valence-electron chi connectivity index (χ3n) is 8.21. The number of alkyl halides is 3. The number of nitrogens with zero attached hydrogens (tertiary/aromatic N) is 4. The molecule has 12 heteroatoms. The molecular weight excluding hydrogens is 571 g/mol. The molecule has 1 saturated carbocycles. The highest BCUT2D eigenvalue weighted by molar-refractivity contribution is 6.05. The lowest BCUT2D eigenvalue weighted by molar-refractivity contribution is -0.137. The zero-order valence-corrected chi connectivity index (χ0v) is 24.6. The fourth-order valence-corrected chi connectivity index (χ4v) is 5.45. The first-order valence-corrected chi connectivity index (χ1v) is 14.8. The predicted octanol–water partition coefficient (Wildman–Crippen LogP) is 5.69. The van der Waals surface area contributed by atoms with Gasteiger partial charge in [0.15, 0.2) is 5.65 Å². The molecule has 0 spiro atoms. The molecule has 1 aliphatic heterocycles. The summed E-state index contributed by atoms with van der Waals surface area (Å²) in [7, 11) is 0. The Labute approximate surface area is 252 Å². The Morgan fingerprint density at radius 2 is 1.70 bits per heavy atom. The molecule has 0 radical (unpaired) electrons. The predicted molar refractivity (Wildman–Crippen MR) is 162 cm³/mol. The largest absolute Gasteiger partial charge is 0.416 e. The quantitative estimate of drug-likeness (QED) is 0.238. The third kappa shape index (κ3) is 6.76. The number of nitrogens with one attached hydrogen (secondary N) is 3. The van der Waals surface area contributed by atoms with Crippen molar-refractivity contribution in [1.29, 1.82) is 0 Å². The van der Waals surface area contributed by atoms with Crippen LogP contribution in [0.3, 0.4) is 0 Å². The molecule has 1 aliphatic carbocycles. The first-order valence-electron chi connectivity index (χ1n) is 14.8. The number of likely N-dealkylation sites (N-methyl/N-ethyl adjacent to an activating group) is 1. The second-order valence-electron chi connectivity index (χ2n) is 11.5. The van der Waals surface area contributed by atoms with E-state index in [9.17, 15) is 22.8 Å². The van der Waals surface area contributed by atoms with Crippen molar-refractivity contribution in [3.63, 3.8) is 0 Å². The number of amides is 2. The number of benzene rings is 2. The van der Waals surface area contributed by atoms with E-state index >= 15 is 0 Å². The lowest BCUT2D eigenvalue weighted by Gasteiger charge is -2.34. The van der Waals surface area contributed by atoms with E-state index in [-0.39, 0.29) is 23.1 Å². The summed E-state index contributed by atoms with van der Waals surface area (Å²) in [5.41, 5.74) is 3.24. The second-order valence-corrected chi connectivity index (χ2v) is 11.5. The lowest BCUT2D eigenvalue weighted by Crippen LogP contribution is -2.45. The van der Waals surface area contributed by atoms with Gasteiger partial charge in [0.2, 0.25) is 11.9 Å². The molecule has 2 fully saturated rings. The number of hydrogen-bond acceptors (Lipinski definition) is 6. The van der Waals surface area contributed by atoms with Gasteiger partial charge in [0.1, 0.15) is 0 Å². The van der Waals surface area contributed by atoms with Crippen LogP contribution < -0.4 is 10.6 Å². The van der Waals surface area contributed by atoms with Crippen LogP contribution in [0.25, 0.3) is 22.4 Å². The summed E-state index contributed by atoms with van der Waals surface area (Å²) in [5.74, 6) is -0.233. The summed E-state index contributed by atoms with van der Waals surface area (Å²) in [6.45, 7) is 8.57. The molecule has 3 N–H and O–H groups in total. The summed E-state index contributed by atoms with van der Waals surface area (Å²) in [5, 5.41) is 5.47. The summed E-state index contributed by atoms with van der Waals surface area (Å²) in [4.78, 5) is 42.0. The number of piperazine rings is 1. The Morgan fingerprint density at radius 3 is 2.41 bits per heavy atom. The van der Waals surface area contributed by atoms with Gasteiger partial charge in [-0.15, -0.1) is 0 Å². The van der Waals surface area contributed by atoms with Gasteiger partial charge in [-0.05, 0) is 79.9 Å². The normalized spacial score (nSPS) is 16.3. The average Bonchev–Trinajstić information content (AvgIpc) is 3.77. The van der Waals surface area contributed by atoms with Crippen LogP contribution in [0.2, 0.25) is 0 Å². The maximum absolute atomic E-state index is 13.8. The van der Waals surface area contributed by atoms with Crippen molar-refractivity contribution in [3.05, 3.63) is 70.8 Å². The molecule has 0 unspecified atom stereocenters. The SMILES string of the molecule is CCN1CCN(Cc2cc(NC(=O)c3ccc(C)c(-c4ccc5[nH]c(NC(=O)C6CC6)nc5n4)c3)cc(C(F)(F)F)c2)CC1. The number of aryl methyl sites for hydroxylation is 1. The van der Waals surface area contributed by atoms with E-state index in [1.54, 1.807) is 36.4 Å². The lowest BCUT2D eigenvalue weighted by atomic mass is 10.0. The number of hydrogen-bond donors (Lipinski definition) is 3. The van der Waals surface area contributed by atoms with Gasteiger partial charge in [-0.1, -0.05) is 13.0 Å². The van der Waals surface area contributed by atoms with Crippen molar-refractivity contribution < 1.29 is 22.8 Å². The second kappa shape index (κ2) is 12.0. The highest BCUT2D eigenvalue weighted by atomic mass is 19.4. The van der Waals surface area contributed by atoms with Crippen molar-refractivity contribution in [1.82, 2.24) is 24.8 Å². The zero-order valence-electron chi connectivity index (χ0n) is 24.6. The van der Waals surface area contributed by atoms with Crippen LogP contribution in [-0.2, 0) is 17.5 Å². The van der Waals surface area contributed by atoms with Crippen LogP contribution in [0.4, 0.5) is 24.8 Å². The molecule has 2 amide bonds. The number of rotatable bonds is 8. The molecule has 2 aliphatic rings. The Morgan fingerprint density at radius 1 is 0.955 bits per heavy atom. The van der Waals surface area contributed by atoms with Crippen molar-refractivity contribution in [2.24, 2.45) is 5.92 Å². The number of halogens is 3. The van der Waals surface area contributed by atoms with Gasteiger partial charge in [0.05, 0.1) is 16.8 Å². The minimum absolute atomic E-state index is 0.0347. The Kier molecular flexibility index (Phi) is 8.12. The van der Waals surface area contributed by atoms with Crippen LogP contribution in [-0.4, -0.2) is 69.3 Å². The molecule has 4 aromatic rings. The molecule has 9 nitrogen and oxygen atoms in total. The zero-order chi connectivity index (χ0) is 31.0. The van der Waals surface area contributed by atoms with E-state index in [0.29, 0.717) is 40.5 Å². The van der Waals surface area contributed by atoms with E-state index in [4.69, 9.17) is 0 Å². The van der Waals surface area contributed by atoms with Gasteiger partial charge >= 0.3 is 6.18 Å². The van der Waals surface area contributed by atoms with Crippen molar-refractivity contribution in [3.8, 4) is 11.3 Å². The maximum Gasteiger partial charge on any atom is 0.416 e. The van der Waals surface area contributed by atoms with Crippen molar-refractivity contribution in [2.75, 3.05) is 43.4 Å². The summed E-state index contributed by atoms with van der Waals surface area (Å²) >= 11 is 0.